The highest BCUT2D eigenvalue weighted by atomic mass is 35.5. The molecular weight excluding hydrogens is 216 g/mol. The number of likely N-dealkylation sites (N-methyl/N-ethyl adjacent to an activating group) is 1. The van der Waals surface area contributed by atoms with Crippen LogP contribution in [0.3, 0.4) is 0 Å². The van der Waals surface area contributed by atoms with Gasteiger partial charge in [0.1, 0.15) is 5.82 Å². The van der Waals surface area contributed by atoms with Gasteiger partial charge in [-0.2, -0.15) is 0 Å². The summed E-state index contributed by atoms with van der Waals surface area (Å²) >= 11 is 5.78. The summed E-state index contributed by atoms with van der Waals surface area (Å²) < 4.78 is 5.05. The molecule has 0 unspecified atom stereocenters. The zero-order chi connectivity index (χ0) is 11.4. The van der Waals surface area contributed by atoms with Crippen LogP contribution in [0.25, 0.3) is 0 Å². The summed E-state index contributed by atoms with van der Waals surface area (Å²) in [5, 5.41) is 0.226. The molecule has 1 heterocycles. The van der Waals surface area contributed by atoms with Crippen molar-refractivity contribution < 1.29 is 4.74 Å². The minimum absolute atomic E-state index is 0.198. The Bertz CT molecular complexity index is 334. The van der Waals surface area contributed by atoms with Gasteiger partial charge in [-0.3, -0.25) is 0 Å². The fourth-order valence-corrected chi connectivity index (χ4v) is 1.25. The molecule has 0 amide bonds. The predicted octanol–water partition coefficient (Wildman–Crippen LogP) is 1.18. The molecule has 2 N–H and O–H groups in total. The molecule has 84 valence electrons. The van der Waals surface area contributed by atoms with E-state index in [1.807, 2.05) is 18.9 Å². The number of aromatic nitrogens is 2. The molecule has 1 rings (SSSR count). The molecule has 6 heteroatoms. The molecule has 0 spiro atoms. The van der Waals surface area contributed by atoms with Crippen LogP contribution < -0.4 is 10.6 Å². The maximum absolute atomic E-state index is 5.78. The Labute approximate surface area is 94.2 Å². The van der Waals surface area contributed by atoms with Crippen molar-refractivity contribution in [2.75, 3.05) is 31.4 Å². The molecule has 15 heavy (non-hydrogen) atoms. The van der Waals surface area contributed by atoms with Crippen molar-refractivity contribution in [3.8, 4) is 0 Å². The van der Waals surface area contributed by atoms with Crippen LogP contribution in [-0.4, -0.2) is 36.8 Å². The third-order valence-electron chi connectivity index (χ3n) is 2.17. The molecule has 0 fully saturated rings. The van der Waals surface area contributed by atoms with E-state index < -0.39 is 0 Å². The first-order valence-corrected chi connectivity index (χ1v) is 4.93. The molecule has 0 aliphatic heterocycles. The number of hydrogen-bond acceptors (Lipinski definition) is 5. The van der Waals surface area contributed by atoms with Gasteiger partial charge in [-0.1, -0.05) is 11.6 Å². The smallest absolute Gasteiger partial charge is 0.173 e. The molecule has 0 aliphatic carbocycles. The molecule has 0 saturated carbocycles. The van der Waals surface area contributed by atoms with E-state index in [2.05, 4.69) is 9.97 Å². The van der Waals surface area contributed by atoms with Gasteiger partial charge in [0, 0.05) is 14.2 Å². The molecular formula is C9H15ClN4O. The van der Waals surface area contributed by atoms with E-state index in [0.717, 1.165) is 0 Å². The van der Waals surface area contributed by atoms with Gasteiger partial charge in [0.15, 0.2) is 11.0 Å². The number of ether oxygens (including phenoxy) is 1. The summed E-state index contributed by atoms with van der Waals surface area (Å²) in [5.41, 5.74) is 5.47. The lowest BCUT2D eigenvalue weighted by molar-refractivity contribution is 0.183. The normalized spacial score (nSPS) is 12.5. The van der Waals surface area contributed by atoms with E-state index in [-0.39, 0.29) is 17.0 Å². The van der Waals surface area contributed by atoms with Crippen LogP contribution in [0.4, 0.5) is 11.6 Å². The number of hydrogen-bond donors (Lipinski definition) is 1. The monoisotopic (exact) mass is 230 g/mol. The highest BCUT2D eigenvalue weighted by Gasteiger charge is 2.12. The van der Waals surface area contributed by atoms with Crippen LogP contribution in [0.5, 0.6) is 0 Å². The Morgan fingerprint density at radius 1 is 1.67 bits per heavy atom. The standard InChI is InChI=1S/C9H15ClN4O/c1-6(5-15-3)14(2)7-4-12-9(11)8(10)13-7/h4,6H,5H2,1-3H3,(H2,11,12)/t6-/m1/s1. The summed E-state index contributed by atoms with van der Waals surface area (Å²) in [4.78, 5) is 10.00. The second-order valence-electron chi connectivity index (χ2n) is 3.32. The van der Waals surface area contributed by atoms with Gasteiger partial charge in [-0.05, 0) is 6.92 Å². The Balaban J connectivity index is 2.81. The zero-order valence-electron chi connectivity index (χ0n) is 9.07. The van der Waals surface area contributed by atoms with Crippen LogP contribution in [0.15, 0.2) is 6.20 Å². The molecule has 0 radical (unpaired) electrons. The maximum atomic E-state index is 5.78. The Morgan fingerprint density at radius 3 is 2.87 bits per heavy atom. The van der Waals surface area contributed by atoms with Gasteiger partial charge < -0.3 is 15.4 Å². The quantitative estimate of drug-likeness (QED) is 0.842. The van der Waals surface area contributed by atoms with Gasteiger partial charge >= 0.3 is 0 Å². The summed E-state index contributed by atoms with van der Waals surface area (Å²) in [5.74, 6) is 0.923. The third kappa shape index (κ3) is 2.94. The SMILES string of the molecule is COC[C@@H](C)N(C)c1cnc(N)c(Cl)n1. The van der Waals surface area contributed by atoms with Crippen molar-refractivity contribution in [3.05, 3.63) is 11.3 Å². The third-order valence-corrected chi connectivity index (χ3v) is 2.45. The Hall–Kier alpha value is -1.07. The van der Waals surface area contributed by atoms with E-state index >= 15 is 0 Å². The number of nitrogens with two attached hydrogens (primary N) is 1. The number of anilines is 2. The van der Waals surface area contributed by atoms with Gasteiger partial charge in [-0.15, -0.1) is 0 Å². The number of methoxy groups -OCH3 is 1. The Morgan fingerprint density at radius 2 is 2.33 bits per heavy atom. The lowest BCUT2D eigenvalue weighted by atomic mass is 10.3. The van der Waals surface area contributed by atoms with E-state index in [0.29, 0.717) is 12.4 Å². The molecule has 0 saturated heterocycles. The lowest BCUT2D eigenvalue weighted by Gasteiger charge is -2.25. The van der Waals surface area contributed by atoms with Crippen molar-refractivity contribution >= 4 is 23.2 Å². The molecule has 0 bridgehead atoms. The highest BCUT2D eigenvalue weighted by molar-refractivity contribution is 6.31. The fourth-order valence-electron chi connectivity index (χ4n) is 1.12. The second-order valence-corrected chi connectivity index (χ2v) is 3.68. The number of halogens is 1. The molecule has 5 nitrogen and oxygen atoms in total. The van der Waals surface area contributed by atoms with E-state index in [4.69, 9.17) is 22.1 Å². The number of nitrogen functional groups attached to an aromatic ring is 1. The summed E-state index contributed by atoms with van der Waals surface area (Å²) in [6.45, 7) is 2.63. The Kier molecular flexibility index (Phi) is 4.11. The van der Waals surface area contributed by atoms with Crippen LogP contribution in [0, 0.1) is 0 Å². The van der Waals surface area contributed by atoms with E-state index in [9.17, 15) is 0 Å². The van der Waals surface area contributed by atoms with Crippen LogP contribution >= 0.6 is 11.6 Å². The fraction of sp³-hybridized carbons (Fsp3) is 0.556. The van der Waals surface area contributed by atoms with Crippen molar-refractivity contribution in [2.24, 2.45) is 0 Å². The van der Waals surface area contributed by atoms with Gasteiger partial charge in [-0.25, -0.2) is 9.97 Å². The molecule has 0 aliphatic rings. The van der Waals surface area contributed by atoms with E-state index in [1.54, 1.807) is 13.3 Å². The van der Waals surface area contributed by atoms with Crippen molar-refractivity contribution in [2.45, 2.75) is 13.0 Å². The average Bonchev–Trinajstić information content (AvgIpc) is 2.21. The van der Waals surface area contributed by atoms with Gasteiger partial charge in [0.25, 0.3) is 0 Å². The minimum atomic E-state index is 0.198. The van der Waals surface area contributed by atoms with Crippen LogP contribution in [-0.2, 0) is 4.74 Å². The molecule has 0 aromatic carbocycles. The zero-order valence-corrected chi connectivity index (χ0v) is 9.82. The summed E-state index contributed by atoms with van der Waals surface area (Å²) in [6.07, 6.45) is 1.59. The first kappa shape index (κ1) is 12.0. The van der Waals surface area contributed by atoms with Crippen LogP contribution in [0.1, 0.15) is 6.92 Å². The molecule has 1 aromatic rings. The maximum Gasteiger partial charge on any atom is 0.173 e. The summed E-state index contributed by atoms with van der Waals surface area (Å²) in [6, 6.07) is 0.198. The van der Waals surface area contributed by atoms with E-state index in [1.165, 1.54) is 0 Å². The lowest BCUT2D eigenvalue weighted by Crippen LogP contribution is -2.33. The van der Waals surface area contributed by atoms with Crippen molar-refractivity contribution in [3.63, 3.8) is 0 Å². The molecule has 1 atom stereocenters. The van der Waals surface area contributed by atoms with Crippen molar-refractivity contribution in [1.29, 1.82) is 0 Å². The minimum Gasteiger partial charge on any atom is -0.383 e. The first-order chi connectivity index (χ1) is 7.06. The van der Waals surface area contributed by atoms with Gasteiger partial charge in [0.05, 0.1) is 18.8 Å². The number of nitrogens with zero attached hydrogens (tertiary/aromatic N) is 3. The largest absolute Gasteiger partial charge is 0.383 e. The predicted molar refractivity (Wildman–Crippen MR) is 61.2 cm³/mol. The first-order valence-electron chi connectivity index (χ1n) is 4.56. The molecule has 1 aromatic heterocycles. The van der Waals surface area contributed by atoms with Crippen LogP contribution in [0.2, 0.25) is 5.15 Å². The van der Waals surface area contributed by atoms with Crippen molar-refractivity contribution in [1.82, 2.24) is 9.97 Å². The summed E-state index contributed by atoms with van der Waals surface area (Å²) in [7, 11) is 3.56. The number of rotatable bonds is 4. The van der Waals surface area contributed by atoms with Gasteiger partial charge in [0.2, 0.25) is 0 Å². The average molecular weight is 231 g/mol. The topological polar surface area (TPSA) is 64.3 Å². The highest BCUT2D eigenvalue weighted by Crippen LogP contribution is 2.18. The second kappa shape index (κ2) is 5.14.